The van der Waals surface area contributed by atoms with Gasteiger partial charge in [0.25, 0.3) is 5.91 Å². The number of carbonyl (C=O) groups excluding carboxylic acids is 1. The first-order valence-corrected chi connectivity index (χ1v) is 8.07. The monoisotopic (exact) mass is 335 g/mol. The largest absolute Gasteiger partial charge is 0.360 e. The normalized spacial score (nSPS) is 13.4. The molecule has 0 unspecified atom stereocenters. The molecule has 0 saturated heterocycles. The Kier molecular flexibility index (Phi) is 3.89. The van der Waals surface area contributed by atoms with Gasteiger partial charge in [-0.3, -0.25) is 4.79 Å². The van der Waals surface area contributed by atoms with Crippen molar-refractivity contribution in [2.45, 2.75) is 19.9 Å². The van der Waals surface area contributed by atoms with Crippen LogP contribution in [-0.4, -0.2) is 32.5 Å². The molecule has 1 aliphatic rings. The molecule has 3 heterocycles. The van der Waals surface area contributed by atoms with Crippen LogP contribution < -0.4 is 5.32 Å². The minimum absolute atomic E-state index is 0.0571. The summed E-state index contributed by atoms with van der Waals surface area (Å²) in [7, 11) is 0. The van der Waals surface area contributed by atoms with Gasteiger partial charge in [0.2, 0.25) is 5.95 Å². The zero-order valence-electron chi connectivity index (χ0n) is 13.8. The number of nitrogens with one attached hydrogen (secondary N) is 1. The molecule has 7 heteroatoms. The summed E-state index contributed by atoms with van der Waals surface area (Å²) < 4.78 is 4.98. The summed E-state index contributed by atoms with van der Waals surface area (Å²) >= 11 is 0. The molecule has 1 aliphatic heterocycles. The molecule has 1 N–H and O–H groups in total. The first-order valence-electron chi connectivity index (χ1n) is 8.07. The van der Waals surface area contributed by atoms with Crippen LogP contribution in [0.15, 0.2) is 47.2 Å². The molecule has 25 heavy (non-hydrogen) atoms. The fourth-order valence-corrected chi connectivity index (χ4v) is 2.89. The molecule has 0 bridgehead atoms. The molecular formula is C18H17N5O2. The van der Waals surface area contributed by atoms with E-state index in [4.69, 9.17) is 4.52 Å². The number of aryl methyl sites for hydroxylation is 1. The molecule has 126 valence electrons. The Morgan fingerprint density at radius 2 is 1.96 bits per heavy atom. The molecule has 1 amide bonds. The lowest BCUT2D eigenvalue weighted by atomic mass is 9.99. The van der Waals surface area contributed by atoms with Crippen LogP contribution in [0.25, 0.3) is 0 Å². The highest BCUT2D eigenvalue weighted by atomic mass is 16.5. The van der Waals surface area contributed by atoms with Gasteiger partial charge in [-0.05, 0) is 24.5 Å². The number of nitrogens with zero attached hydrogens (tertiary/aromatic N) is 4. The minimum Gasteiger partial charge on any atom is -0.360 e. The van der Waals surface area contributed by atoms with Crippen molar-refractivity contribution < 1.29 is 9.32 Å². The third-order valence-corrected chi connectivity index (χ3v) is 4.18. The quantitative estimate of drug-likeness (QED) is 0.792. The van der Waals surface area contributed by atoms with Crippen molar-refractivity contribution in [1.82, 2.24) is 20.0 Å². The Labute approximate surface area is 144 Å². The zero-order chi connectivity index (χ0) is 17.2. The van der Waals surface area contributed by atoms with Crippen LogP contribution in [0.3, 0.4) is 0 Å². The van der Waals surface area contributed by atoms with Gasteiger partial charge in [0.05, 0.1) is 5.56 Å². The summed E-state index contributed by atoms with van der Waals surface area (Å²) in [6, 6.07) is 9.96. The van der Waals surface area contributed by atoms with Crippen LogP contribution in [0.4, 0.5) is 11.8 Å². The molecule has 0 spiro atoms. The maximum atomic E-state index is 12.7. The van der Waals surface area contributed by atoms with Crippen LogP contribution in [0.2, 0.25) is 0 Å². The summed E-state index contributed by atoms with van der Waals surface area (Å²) in [4.78, 5) is 22.9. The number of rotatable bonds is 3. The lowest BCUT2D eigenvalue weighted by Crippen LogP contribution is -2.36. The van der Waals surface area contributed by atoms with E-state index in [1.165, 1.54) is 23.5 Å². The topological polar surface area (TPSA) is 84.2 Å². The SMILES string of the molecule is Cc1cc(Nc2ncc(C(=O)N3CCc4ccccc4C3)cn2)no1. The molecule has 1 aromatic carbocycles. The first-order chi connectivity index (χ1) is 12.2. The van der Waals surface area contributed by atoms with Gasteiger partial charge in [0, 0.05) is 31.5 Å². The maximum absolute atomic E-state index is 12.7. The molecule has 3 aromatic rings. The van der Waals surface area contributed by atoms with Crippen molar-refractivity contribution in [2.24, 2.45) is 0 Å². The predicted molar refractivity (Wildman–Crippen MR) is 91.4 cm³/mol. The number of benzene rings is 1. The third kappa shape index (κ3) is 3.21. The molecule has 0 radical (unpaired) electrons. The number of anilines is 2. The van der Waals surface area contributed by atoms with Crippen molar-refractivity contribution in [3.8, 4) is 0 Å². The first kappa shape index (κ1) is 15.3. The van der Waals surface area contributed by atoms with Crippen molar-refractivity contribution in [2.75, 3.05) is 11.9 Å². The lowest BCUT2D eigenvalue weighted by molar-refractivity contribution is 0.0734. The summed E-state index contributed by atoms with van der Waals surface area (Å²) in [6.45, 7) is 3.12. The Morgan fingerprint density at radius 1 is 1.20 bits per heavy atom. The van der Waals surface area contributed by atoms with E-state index in [9.17, 15) is 4.79 Å². The van der Waals surface area contributed by atoms with E-state index >= 15 is 0 Å². The van der Waals surface area contributed by atoms with Gasteiger partial charge in [-0.2, -0.15) is 0 Å². The van der Waals surface area contributed by atoms with Gasteiger partial charge in [-0.1, -0.05) is 29.4 Å². The standard InChI is InChI=1S/C18H17N5O2/c1-12-8-16(22-25-12)21-18-19-9-15(10-20-18)17(24)23-7-6-13-4-2-3-5-14(13)11-23/h2-5,8-10H,6-7,11H2,1H3,(H,19,20,21,22). The fourth-order valence-electron chi connectivity index (χ4n) is 2.89. The van der Waals surface area contributed by atoms with Crippen molar-refractivity contribution in [3.63, 3.8) is 0 Å². The average molecular weight is 335 g/mol. The van der Waals surface area contributed by atoms with Crippen molar-refractivity contribution in [1.29, 1.82) is 0 Å². The highest BCUT2D eigenvalue weighted by Crippen LogP contribution is 2.20. The predicted octanol–water partition coefficient (Wildman–Crippen LogP) is 2.72. The van der Waals surface area contributed by atoms with Crippen LogP contribution in [-0.2, 0) is 13.0 Å². The molecular weight excluding hydrogens is 318 g/mol. The molecule has 2 aromatic heterocycles. The Bertz CT molecular complexity index is 904. The maximum Gasteiger partial charge on any atom is 0.257 e. The Hall–Kier alpha value is -3.22. The van der Waals surface area contributed by atoms with E-state index in [0.717, 1.165) is 6.42 Å². The van der Waals surface area contributed by atoms with E-state index in [1.54, 1.807) is 13.0 Å². The summed E-state index contributed by atoms with van der Waals surface area (Å²) in [5, 5.41) is 6.75. The highest BCUT2D eigenvalue weighted by Gasteiger charge is 2.22. The fraction of sp³-hybridized carbons (Fsp3) is 0.222. The summed E-state index contributed by atoms with van der Waals surface area (Å²) in [6.07, 6.45) is 3.93. The number of hydrogen-bond acceptors (Lipinski definition) is 6. The molecule has 0 fully saturated rings. The smallest absolute Gasteiger partial charge is 0.257 e. The van der Waals surface area contributed by atoms with E-state index in [2.05, 4.69) is 32.6 Å². The Morgan fingerprint density at radius 3 is 2.68 bits per heavy atom. The van der Waals surface area contributed by atoms with Crippen molar-refractivity contribution in [3.05, 3.63) is 65.2 Å². The molecule has 7 nitrogen and oxygen atoms in total. The van der Waals surface area contributed by atoms with Crippen LogP contribution >= 0.6 is 0 Å². The molecule has 4 rings (SSSR count). The van der Waals surface area contributed by atoms with Crippen LogP contribution in [0.1, 0.15) is 27.2 Å². The number of hydrogen-bond donors (Lipinski definition) is 1. The van der Waals surface area contributed by atoms with Gasteiger partial charge in [-0.25, -0.2) is 9.97 Å². The van der Waals surface area contributed by atoms with E-state index in [-0.39, 0.29) is 5.91 Å². The molecule has 0 aliphatic carbocycles. The second-order valence-corrected chi connectivity index (χ2v) is 5.99. The van der Waals surface area contributed by atoms with E-state index < -0.39 is 0 Å². The number of carbonyl (C=O) groups is 1. The Balaban J connectivity index is 1.46. The van der Waals surface area contributed by atoms with Gasteiger partial charge < -0.3 is 14.7 Å². The zero-order valence-corrected chi connectivity index (χ0v) is 13.8. The van der Waals surface area contributed by atoms with Gasteiger partial charge in [0.15, 0.2) is 5.82 Å². The third-order valence-electron chi connectivity index (χ3n) is 4.18. The average Bonchev–Trinajstić information content (AvgIpc) is 3.06. The van der Waals surface area contributed by atoms with Gasteiger partial charge >= 0.3 is 0 Å². The van der Waals surface area contributed by atoms with Gasteiger partial charge in [0.1, 0.15) is 5.76 Å². The summed E-state index contributed by atoms with van der Waals surface area (Å²) in [5.74, 6) is 1.54. The molecule has 0 atom stereocenters. The van der Waals surface area contributed by atoms with Crippen LogP contribution in [0.5, 0.6) is 0 Å². The highest BCUT2D eigenvalue weighted by molar-refractivity contribution is 5.93. The second kappa shape index (κ2) is 6.35. The molecule has 0 saturated carbocycles. The van der Waals surface area contributed by atoms with Crippen molar-refractivity contribution >= 4 is 17.7 Å². The second-order valence-electron chi connectivity index (χ2n) is 5.99. The lowest BCUT2D eigenvalue weighted by Gasteiger charge is -2.28. The summed E-state index contributed by atoms with van der Waals surface area (Å²) in [5.41, 5.74) is 2.98. The number of amides is 1. The number of aromatic nitrogens is 3. The number of fused-ring (bicyclic) bond motifs is 1. The van der Waals surface area contributed by atoms with Gasteiger partial charge in [-0.15, -0.1) is 0 Å². The van der Waals surface area contributed by atoms with Crippen LogP contribution in [0, 0.1) is 6.92 Å². The van der Waals surface area contributed by atoms with E-state index in [0.29, 0.717) is 36.2 Å². The van der Waals surface area contributed by atoms with E-state index in [1.807, 2.05) is 17.0 Å². The minimum atomic E-state index is -0.0571.